The number of piperidine rings is 1. The molecule has 2 aliphatic heterocycles. The Morgan fingerprint density at radius 1 is 1.30 bits per heavy atom. The van der Waals surface area contributed by atoms with Gasteiger partial charge in [0.25, 0.3) is 0 Å². The van der Waals surface area contributed by atoms with Gasteiger partial charge in [-0.2, -0.15) is 0 Å². The molecule has 0 bridgehead atoms. The van der Waals surface area contributed by atoms with Crippen LogP contribution in [0.2, 0.25) is 0 Å². The number of anilines is 1. The number of nitrogens with one attached hydrogen (secondary N) is 1. The second-order valence-corrected chi connectivity index (χ2v) is 6.09. The third-order valence-corrected chi connectivity index (χ3v) is 4.55. The van der Waals surface area contributed by atoms with E-state index in [1.165, 1.54) is 37.9 Å². The summed E-state index contributed by atoms with van der Waals surface area (Å²) in [4.78, 5) is 2.54. The number of para-hydroxylation sites is 2. The predicted octanol–water partition coefficient (Wildman–Crippen LogP) is 3.20. The Hall–Kier alpha value is -1.22. The smallest absolute Gasteiger partial charge is 0.142 e. The fourth-order valence-corrected chi connectivity index (χ4v) is 3.48. The third kappa shape index (κ3) is 3.09. The maximum Gasteiger partial charge on any atom is 0.142 e. The molecule has 3 heteroatoms. The van der Waals surface area contributed by atoms with Crippen molar-refractivity contribution in [3.63, 3.8) is 0 Å². The molecule has 3 nitrogen and oxygen atoms in total. The van der Waals surface area contributed by atoms with E-state index in [1.54, 1.807) is 0 Å². The van der Waals surface area contributed by atoms with Crippen LogP contribution in [0.4, 0.5) is 5.69 Å². The lowest BCUT2D eigenvalue weighted by Gasteiger charge is -2.34. The Morgan fingerprint density at radius 2 is 2.20 bits per heavy atom. The van der Waals surface area contributed by atoms with Crippen LogP contribution in [-0.2, 0) is 0 Å². The van der Waals surface area contributed by atoms with Gasteiger partial charge in [-0.15, -0.1) is 0 Å². The first-order valence-electron chi connectivity index (χ1n) is 8.06. The lowest BCUT2D eigenvalue weighted by molar-refractivity contribution is 0.321. The highest BCUT2D eigenvalue weighted by molar-refractivity contribution is 5.59. The molecule has 2 atom stereocenters. The van der Waals surface area contributed by atoms with Gasteiger partial charge in [-0.3, -0.25) is 0 Å². The normalized spacial score (nSPS) is 24.4. The van der Waals surface area contributed by atoms with E-state index < -0.39 is 0 Å². The van der Waals surface area contributed by atoms with Crippen molar-refractivity contribution in [2.24, 2.45) is 0 Å². The van der Waals surface area contributed by atoms with E-state index in [-0.39, 0.29) is 0 Å². The van der Waals surface area contributed by atoms with E-state index in [0.29, 0.717) is 12.1 Å². The maximum atomic E-state index is 5.86. The molecule has 2 heterocycles. The maximum absolute atomic E-state index is 5.86. The number of hydrogen-bond acceptors (Lipinski definition) is 3. The lowest BCUT2D eigenvalue weighted by Crippen LogP contribution is -2.42. The van der Waals surface area contributed by atoms with Crippen LogP contribution in [-0.4, -0.2) is 31.8 Å². The number of fused-ring (bicyclic) bond motifs is 1. The summed E-state index contributed by atoms with van der Waals surface area (Å²) in [5.74, 6) is 1.05. The molecule has 0 aliphatic carbocycles. The van der Waals surface area contributed by atoms with Crippen molar-refractivity contribution in [3.8, 4) is 5.75 Å². The second kappa shape index (κ2) is 6.49. The summed E-state index contributed by atoms with van der Waals surface area (Å²) in [5.41, 5.74) is 1.27. The average molecular weight is 274 g/mol. The fraction of sp³-hybridized carbons (Fsp3) is 0.647. The first kappa shape index (κ1) is 13.7. The average Bonchev–Trinajstić information content (AvgIpc) is 2.70. The number of ether oxygens (including phenoxy) is 1. The molecule has 1 N–H and O–H groups in total. The van der Waals surface area contributed by atoms with Crippen molar-refractivity contribution in [3.05, 3.63) is 24.3 Å². The molecule has 3 rings (SSSR count). The highest BCUT2D eigenvalue weighted by Gasteiger charge is 2.23. The summed E-state index contributed by atoms with van der Waals surface area (Å²) in [7, 11) is 0. The van der Waals surface area contributed by atoms with Crippen molar-refractivity contribution < 1.29 is 4.74 Å². The zero-order chi connectivity index (χ0) is 13.8. The Morgan fingerprint density at radius 3 is 3.05 bits per heavy atom. The standard InChI is InChI=1S/C17H26N2O/c1-14(13-15-7-4-5-10-18-15)19-11-6-12-20-17-9-3-2-8-16(17)19/h2-3,8-9,14-15,18H,4-7,10-13H2,1H3. The molecule has 20 heavy (non-hydrogen) atoms. The minimum atomic E-state index is 0.563. The van der Waals surface area contributed by atoms with E-state index in [1.807, 2.05) is 0 Å². The highest BCUT2D eigenvalue weighted by atomic mass is 16.5. The third-order valence-electron chi connectivity index (χ3n) is 4.55. The van der Waals surface area contributed by atoms with Gasteiger partial charge < -0.3 is 15.0 Å². The largest absolute Gasteiger partial charge is 0.491 e. The Kier molecular flexibility index (Phi) is 4.46. The van der Waals surface area contributed by atoms with Crippen molar-refractivity contribution >= 4 is 5.69 Å². The van der Waals surface area contributed by atoms with Crippen LogP contribution in [0.5, 0.6) is 5.75 Å². The molecule has 0 spiro atoms. The quantitative estimate of drug-likeness (QED) is 0.916. The number of benzene rings is 1. The van der Waals surface area contributed by atoms with Crippen LogP contribution in [0.15, 0.2) is 24.3 Å². The predicted molar refractivity (Wildman–Crippen MR) is 83.6 cm³/mol. The Labute approximate surface area is 122 Å². The van der Waals surface area contributed by atoms with Gasteiger partial charge in [-0.05, 0) is 51.3 Å². The topological polar surface area (TPSA) is 24.5 Å². The summed E-state index contributed by atoms with van der Waals surface area (Å²) < 4.78 is 5.86. The summed E-state index contributed by atoms with van der Waals surface area (Å²) in [6.45, 7) is 5.49. The van der Waals surface area contributed by atoms with Crippen molar-refractivity contribution in [1.29, 1.82) is 0 Å². The van der Waals surface area contributed by atoms with Gasteiger partial charge >= 0.3 is 0 Å². The fourth-order valence-electron chi connectivity index (χ4n) is 3.48. The second-order valence-electron chi connectivity index (χ2n) is 6.09. The van der Waals surface area contributed by atoms with Crippen molar-refractivity contribution in [1.82, 2.24) is 5.32 Å². The molecular formula is C17H26N2O. The van der Waals surface area contributed by atoms with Crippen LogP contribution in [0.1, 0.15) is 39.0 Å². The molecule has 0 saturated carbocycles. The van der Waals surface area contributed by atoms with E-state index in [2.05, 4.69) is 41.4 Å². The van der Waals surface area contributed by atoms with Gasteiger partial charge in [0.1, 0.15) is 5.75 Å². The molecule has 2 aliphatic rings. The van der Waals surface area contributed by atoms with E-state index >= 15 is 0 Å². The van der Waals surface area contributed by atoms with Crippen LogP contribution >= 0.6 is 0 Å². The van der Waals surface area contributed by atoms with Crippen LogP contribution < -0.4 is 15.0 Å². The minimum Gasteiger partial charge on any atom is -0.491 e. The number of nitrogens with zero attached hydrogens (tertiary/aromatic N) is 1. The summed E-state index contributed by atoms with van der Waals surface area (Å²) in [6.07, 6.45) is 6.39. The SMILES string of the molecule is CC(CC1CCCCN1)N1CCCOc2ccccc21. The summed E-state index contributed by atoms with van der Waals surface area (Å²) in [6, 6.07) is 9.73. The zero-order valence-electron chi connectivity index (χ0n) is 12.5. The van der Waals surface area contributed by atoms with Gasteiger partial charge in [-0.1, -0.05) is 18.6 Å². The van der Waals surface area contributed by atoms with Gasteiger partial charge in [0, 0.05) is 18.6 Å². The molecular weight excluding hydrogens is 248 g/mol. The van der Waals surface area contributed by atoms with Gasteiger partial charge in [0.2, 0.25) is 0 Å². The molecule has 1 aromatic carbocycles. The minimum absolute atomic E-state index is 0.563. The molecule has 110 valence electrons. The monoisotopic (exact) mass is 274 g/mol. The summed E-state index contributed by atoms with van der Waals surface area (Å²) in [5, 5.41) is 3.67. The van der Waals surface area contributed by atoms with Crippen LogP contribution in [0.3, 0.4) is 0 Å². The van der Waals surface area contributed by atoms with E-state index in [4.69, 9.17) is 4.74 Å². The Balaban J connectivity index is 1.71. The Bertz CT molecular complexity index is 429. The summed E-state index contributed by atoms with van der Waals surface area (Å²) >= 11 is 0. The number of rotatable bonds is 3. The van der Waals surface area contributed by atoms with E-state index in [0.717, 1.165) is 25.3 Å². The van der Waals surface area contributed by atoms with Crippen LogP contribution in [0, 0.1) is 0 Å². The lowest BCUT2D eigenvalue weighted by atomic mass is 9.97. The molecule has 0 radical (unpaired) electrons. The van der Waals surface area contributed by atoms with Crippen molar-refractivity contribution in [2.45, 2.75) is 51.1 Å². The molecule has 2 unspecified atom stereocenters. The molecule has 1 saturated heterocycles. The van der Waals surface area contributed by atoms with E-state index in [9.17, 15) is 0 Å². The zero-order valence-corrected chi connectivity index (χ0v) is 12.5. The van der Waals surface area contributed by atoms with Gasteiger partial charge in [0.15, 0.2) is 0 Å². The molecule has 0 amide bonds. The van der Waals surface area contributed by atoms with Gasteiger partial charge in [0.05, 0.1) is 12.3 Å². The first-order valence-corrected chi connectivity index (χ1v) is 8.06. The van der Waals surface area contributed by atoms with Crippen molar-refractivity contribution in [2.75, 3.05) is 24.6 Å². The highest BCUT2D eigenvalue weighted by Crippen LogP contribution is 2.32. The molecule has 1 aromatic rings. The first-order chi connectivity index (χ1) is 9.84. The molecule has 1 fully saturated rings. The van der Waals surface area contributed by atoms with Crippen LogP contribution in [0.25, 0.3) is 0 Å². The molecule has 0 aromatic heterocycles. The number of hydrogen-bond donors (Lipinski definition) is 1. The van der Waals surface area contributed by atoms with Gasteiger partial charge in [-0.25, -0.2) is 0 Å².